The summed E-state index contributed by atoms with van der Waals surface area (Å²) in [4.78, 5) is 27.8. The summed E-state index contributed by atoms with van der Waals surface area (Å²) in [5.41, 5.74) is 0.788. The molecule has 0 saturated carbocycles. The van der Waals surface area contributed by atoms with E-state index in [2.05, 4.69) is 10.2 Å². The lowest BCUT2D eigenvalue weighted by molar-refractivity contribution is -0.139. The molecule has 0 aliphatic rings. The first-order valence-corrected chi connectivity index (χ1v) is 9.08. The first-order chi connectivity index (χ1) is 12.4. The summed E-state index contributed by atoms with van der Waals surface area (Å²) in [6.45, 7) is 5.08. The van der Waals surface area contributed by atoms with Crippen LogP contribution in [0.1, 0.15) is 13.8 Å². The second kappa shape index (κ2) is 8.95. The molecule has 2 amide bonds. The molecular formula is C17H22ClN5O2S. The number of aromatic nitrogens is 3. The van der Waals surface area contributed by atoms with Crippen LogP contribution in [0.5, 0.6) is 0 Å². The zero-order valence-corrected chi connectivity index (χ0v) is 16.6. The molecule has 1 heterocycles. The minimum Gasteiger partial charge on any atom is -0.342 e. The second-order valence-corrected chi connectivity index (χ2v) is 6.58. The molecule has 9 heteroatoms. The fraction of sp³-hybridized carbons (Fsp3) is 0.412. The van der Waals surface area contributed by atoms with Crippen molar-refractivity contribution >= 4 is 35.6 Å². The Morgan fingerprint density at radius 1 is 1.19 bits per heavy atom. The molecule has 1 aromatic carbocycles. The Hall–Kier alpha value is -2.19. The minimum absolute atomic E-state index is 0.00464. The quantitative estimate of drug-likeness (QED) is 0.731. The van der Waals surface area contributed by atoms with Crippen LogP contribution in [0.3, 0.4) is 0 Å². The third-order valence-corrected chi connectivity index (χ3v) is 4.63. The van der Waals surface area contributed by atoms with E-state index in [4.69, 9.17) is 23.8 Å². The molecule has 0 radical (unpaired) electrons. The molecule has 0 fully saturated rings. The number of likely N-dealkylation sites (N-methyl/N-ethyl adjacent to an activating group) is 2. The van der Waals surface area contributed by atoms with Gasteiger partial charge in [0.2, 0.25) is 11.8 Å². The van der Waals surface area contributed by atoms with Gasteiger partial charge < -0.3 is 9.80 Å². The molecule has 0 saturated heterocycles. The Bertz CT molecular complexity index is 826. The van der Waals surface area contributed by atoms with Gasteiger partial charge >= 0.3 is 0 Å². The van der Waals surface area contributed by atoms with Crippen LogP contribution in [-0.4, -0.2) is 63.1 Å². The van der Waals surface area contributed by atoms with E-state index in [-0.39, 0.29) is 24.9 Å². The van der Waals surface area contributed by atoms with Gasteiger partial charge in [-0.1, -0.05) is 11.6 Å². The van der Waals surface area contributed by atoms with Crippen LogP contribution in [0.4, 0.5) is 0 Å². The number of H-pyrrole nitrogens is 1. The maximum absolute atomic E-state index is 12.6. The van der Waals surface area contributed by atoms with E-state index in [0.29, 0.717) is 28.7 Å². The van der Waals surface area contributed by atoms with Crippen molar-refractivity contribution in [1.82, 2.24) is 24.6 Å². The molecule has 0 aliphatic heterocycles. The number of aromatic amines is 1. The van der Waals surface area contributed by atoms with Gasteiger partial charge in [0.1, 0.15) is 6.54 Å². The highest BCUT2D eigenvalue weighted by molar-refractivity contribution is 7.71. The van der Waals surface area contributed by atoms with E-state index in [1.54, 1.807) is 28.6 Å². The number of carbonyl (C=O) groups is 2. The third kappa shape index (κ3) is 4.70. The zero-order valence-electron chi connectivity index (χ0n) is 15.0. The van der Waals surface area contributed by atoms with Gasteiger partial charge in [0.15, 0.2) is 10.6 Å². The van der Waals surface area contributed by atoms with Gasteiger partial charge in [-0.25, -0.2) is 0 Å². The van der Waals surface area contributed by atoms with Crippen molar-refractivity contribution in [1.29, 1.82) is 0 Å². The predicted octanol–water partition coefficient (Wildman–Crippen LogP) is 2.59. The number of hydrogen-bond acceptors (Lipinski definition) is 4. The number of nitrogens with one attached hydrogen (secondary N) is 1. The van der Waals surface area contributed by atoms with E-state index in [1.165, 1.54) is 4.90 Å². The lowest BCUT2D eigenvalue weighted by Gasteiger charge is -2.23. The standard InChI is InChI=1S/C17H22ClN5O2S/c1-4-22(5-2)15(25)10-21(3)14(24)11-23-16(19-20-17(23)26)12-6-8-13(18)9-7-12/h6-9H,4-5,10-11H2,1-3H3,(H,20,26). The topological polar surface area (TPSA) is 74.2 Å². The van der Waals surface area contributed by atoms with Crippen molar-refractivity contribution in [2.24, 2.45) is 0 Å². The summed E-state index contributed by atoms with van der Waals surface area (Å²) in [5.74, 6) is 0.237. The SMILES string of the molecule is CCN(CC)C(=O)CN(C)C(=O)Cn1c(-c2ccc(Cl)cc2)n[nH]c1=S. The highest BCUT2D eigenvalue weighted by Crippen LogP contribution is 2.20. The maximum atomic E-state index is 12.6. The highest BCUT2D eigenvalue weighted by Gasteiger charge is 2.19. The first-order valence-electron chi connectivity index (χ1n) is 8.30. The average molecular weight is 396 g/mol. The van der Waals surface area contributed by atoms with E-state index in [0.717, 1.165) is 5.56 Å². The number of carbonyl (C=O) groups excluding carboxylic acids is 2. The molecular weight excluding hydrogens is 374 g/mol. The predicted molar refractivity (Wildman–Crippen MR) is 103 cm³/mol. The van der Waals surface area contributed by atoms with Gasteiger partial charge in [-0.2, -0.15) is 5.10 Å². The third-order valence-electron chi connectivity index (χ3n) is 4.07. The Balaban J connectivity index is 2.14. The number of amides is 2. The molecule has 0 unspecified atom stereocenters. The van der Waals surface area contributed by atoms with Gasteiger partial charge in [0.25, 0.3) is 0 Å². The largest absolute Gasteiger partial charge is 0.342 e. The van der Waals surface area contributed by atoms with Gasteiger partial charge in [0.05, 0.1) is 6.54 Å². The fourth-order valence-corrected chi connectivity index (χ4v) is 2.83. The average Bonchev–Trinajstić information content (AvgIpc) is 2.97. The van der Waals surface area contributed by atoms with Crippen molar-refractivity contribution < 1.29 is 9.59 Å². The summed E-state index contributed by atoms with van der Waals surface area (Å²) in [7, 11) is 1.61. The summed E-state index contributed by atoms with van der Waals surface area (Å²) in [5, 5.41) is 7.52. The smallest absolute Gasteiger partial charge is 0.242 e. The van der Waals surface area contributed by atoms with Crippen LogP contribution in [0.25, 0.3) is 11.4 Å². The summed E-state index contributed by atoms with van der Waals surface area (Å²) >= 11 is 11.2. The lowest BCUT2D eigenvalue weighted by atomic mass is 10.2. The number of rotatable bonds is 7. The molecule has 140 valence electrons. The summed E-state index contributed by atoms with van der Waals surface area (Å²) in [6.07, 6.45) is 0. The summed E-state index contributed by atoms with van der Waals surface area (Å²) < 4.78 is 1.95. The van der Waals surface area contributed by atoms with Gasteiger partial charge in [-0.05, 0) is 50.3 Å². The van der Waals surface area contributed by atoms with E-state index >= 15 is 0 Å². The Morgan fingerprint density at radius 2 is 1.81 bits per heavy atom. The van der Waals surface area contributed by atoms with Gasteiger partial charge in [0, 0.05) is 30.7 Å². The van der Waals surface area contributed by atoms with E-state index in [9.17, 15) is 9.59 Å². The summed E-state index contributed by atoms with van der Waals surface area (Å²) in [6, 6.07) is 7.11. The fourth-order valence-electron chi connectivity index (χ4n) is 2.51. The molecule has 1 N–H and O–H groups in total. The van der Waals surface area contributed by atoms with Gasteiger partial charge in [-0.3, -0.25) is 19.3 Å². The lowest BCUT2D eigenvalue weighted by Crippen LogP contribution is -2.42. The van der Waals surface area contributed by atoms with Crippen LogP contribution in [0.2, 0.25) is 5.02 Å². The highest BCUT2D eigenvalue weighted by atomic mass is 35.5. The molecule has 2 aromatic rings. The number of nitrogens with zero attached hydrogens (tertiary/aromatic N) is 4. The Labute approximate surface area is 162 Å². The minimum atomic E-state index is -0.224. The first kappa shape index (κ1) is 20.1. The normalized spacial score (nSPS) is 10.6. The molecule has 1 aromatic heterocycles. The van der Waals surface area contributed by atoms with Crippen LogP contribution in [-0.2, 0) is 16.1 Å². The zero-order chi connectivity index (χ0) is 19.3. The van der Waals surface area contributed by atoms with Crippen LogP contribution in [0.15, 0.2) is 24.3 Å². The van der Waals surface area contributed by atoms with Crippen molar-refractivity contribution in [3.05, 3.63) is 34.1 Å². The van der Waals surface area contributed by atoms with Crippen molar-refractivity contribution in [2.45, 2.75) is 20.4 Å². The molecule has 2 rings (SSSR count). The molecule has 26 heavy (non-hydrogen) atoms. The Morgan fingerprint density at radius 3 is 2.38 bits per heavy atom. The molecule has 7 nitrogen and oxygen atoms in total. The van der Waals surface area contributed by atoms with Gasteiger partial charge in [-0.15, -0.1) is 0 Å². The second-order valence-electron chi connectivity index (χ2n) is 5.76. The molecule has 0 spiro atoms. The number of halogens is 1. The number of hydrogen-bond donors (Lipinski definition) is 1. The van der Waals surface area contributed by atoms with Crippen LogP contribution < -0.4 is 0 Å². The van der Waals surface area contributed by atoms with Crippen LogP contribution >= 0.6 is 23.8 Å². The van der Waals surface area contributed by atoms with Crippen molar-refractivity contribution in [2.75, 3.05) is 26.7 Å². The molecule has 0 aliphatic carbocycles. The Kier molecular flexibility index (Phi) is 6.93. The monoisotopic (exact) mass is 395 g/mol. The van der Waals surface area contributed by atoms with E-state index in [1.807, 2.05) is 26.0 Å². The maximum Gasteiger partial charge on any atom is 0.242 e. The van der Waals surface area contributed by atoms with Crippen LogP contribution in [0, 0.1) is 4.77 Å². The number of benzene rings is 1. The molecule has 0 atom stereocenters. The van der Waals surface area contributed by atoms with Crippen molar-refractivity contribution in [3.8, 4) is 11.4 Å². The van der Waals surface area contributed by atoms with E-state index < -0.39 is 0 Å². The molecule has 0 bridgehead atoms. The van der Waals surface area contributed by atoms with Crippen molar-refractivity contribution in [3.63, 3.8) is 0 Å².